The average Bonchev–Trinajstić information content (AvgIpc) is 2.59. The van der Waals surface area contributed by atoms with Crippen LogP contribution in [0.25, 0.3) is 0 Å². The summed E-state index contributed by atoms with van der Waals surface area (Å²) >= 11 is 0. The topological polar surface area (TPSA) is 132 Å². The van der Waals surface area contributed by atoms with E-state index in [-0.39, 0.29) is 65.3 Å². The van der Waals surface area contributed by atoms with Gasteiger partial charge < -0.3 is 18.9 Å². The van der Waals surface area contributed by atoms with Crippen molar-refractivity contribution in [1.82, 2.24) is 0 Å². The van der Waals surface area contributed by atoms with E-state index in [1.165, 1.54) is 0 Å². The molecule has 0 radical (unpaired) electrons. The highest BCUT2D eigenvalue weighted by atomic mass is 16.6. The lowest BCUT2D eigenvalue weighted by Gasteiger charge is -2.27. The van der Waals surface area contributed by atoms with Gasteiger partial charge in [0.2, 0.25) is 0 Å². The van der Waals surface area contributed by atoms with Crippen LogP contribution < -0.4 is 0 Å². The Labute approximate surface area is 142 Å². The van der Waals surface area contributed by atoms with Crippen molar-refractivity contribution < 1.29 is 18.9 Å². The van der Waals surface area contributed by atoms with Gasteiger partial charge in [-0.25, -0.2) is 0 Å². The summed E-state index contributed by atoms with van der Waals surface area (Å²) in [6.45, 7) is 1.36. The largest absolute Gasteiger partial charge is 0.378 e. The van der Waals surface area contributed by atoms with Crippen molar-refractivity contribution in [3.63, 3.8) is 0 Å². The summed E-state index contributed by atoms with van der Waals surface area (Å²) in [5, 5.41) is 34.3. The molecule has 0 amide bonds. The minimum absolute atomic E-state index is 0.186. The number of hydrogen-bond donors (Lipinski definition) is 0. The molecule has 0 rings (SSSR count). The van der Waals surface area contributed by atoms with Crippen LogP contribution in [-0.4, -0.2) is 51.8 Å². The van der Waals surface area contributed by atoms with E-state index in [0.29, 0.717) is 0 Å². The maximum Gasteiger partial charge on any atom is 0.109 e. The van der Waals surface area contributed by atoms with Crippen molar-refractivity contribution >= 4 is 0 Å². The molecule has 0 N–H and O–H groups in total. The number of nitrogens with zero attached hydrogens (tertiary/aromatic N) is 4. The molecule has 2 atom stereocenters. The Balaban J connectivity index is 4.59. The third-order valence-electron chi connectivity index (χ3n) is 2.79. The number of rotatable bonds is 15. The maximum absolute atomic E-state index is 8.62. The van der Waals surface area contributed by atoms with Gasteiger partial charge in [0.15, 0.2) is 0 Å². The quantitative estimate of drug-likeness (QED) is 0.411. The van der Waals surface area contributed by atoms with Gasteiger partial charge in [-0.05, 0) is 0 Å². The van der Waals surface area contributed by atoms with Crippen LogP contribution in [-0.2, 0) is 18.9 Å². The third kappa shape index (κ3) is 12.4. The van der Waals surface area contributed by atoms with E-state index in [4.69, 9.17) is 40.0 Å². The first kappa shape index (κ1) is 21.8. The first-order valence-electron chi connectivity index (χ1n) is 7.66. The smallest absolute Gasteiger partial charge is 0.109 e. The van der Waals surface area contributed by atoms with Crippen molar-refractivity contribution in [3.8, 4) is 24.3 Å². The van der Waals surface area contributed by atoms with Crippen LogP contribution in [0, 0.1) is 45.3 Å². The molecule has 0 fully saturated rings. The van der Waals surface area contributed by atoms with Gasteiger partial charge in [-0.3, -0.25) is 0 Å². The lowest BCUT2D eigenvalue weighted by molar-refractivity contribution is -0.125. The van der Waals surface area contributed by atoms with Crippen molar-refractivity contribution in [2.24, 2.45) is 0 Å². The van der Waals surface area contributed by atoms with Crippen LogP contribution in [0.4, 0.5) is 0 Å². The third-order valence-corrected chi connectivity index (χ3v) is 2.79. The molecule has 0 aliphatic carbocycles. The van der Waals surface area contributed by atoms with Crippen LogP contribution in [0.5, 0.6) is 0 Å². The summed E-state index contributed by atoms with van der Waals surface area (Å²) < 4.78 is 22.1. The second kappa shape index (κ2) is 17.2. The molecule has 0 aromatic rings. The van der Waals surface area contributed by atoms with Crippen LogP contribution in [0.1, 0.15) is 25.7 Å². The lowest BCUT2D eigenvalue weighted by atomic mass is 10.2. The molecule has 8 heteroatoms. The molecule has 0 bridgehead atoms. The van der Waals surface area contributed by atoms with Crippen LogP contribution >= 0.6 is 0 Å². The molecule has 0 aromatic heterocycles. The van der Waals surface area contributed by atoms with E-state index in [9.17, 15) is 0 Å². The van der Waals surface area contributed by atoms with Gasteiger partial charge in [0.25, 0.3) is 0 Å². The van der Waals surface area contributed by atoms with Gasteiger partial charge in [-0.2, -0.15) is 21.0 Å². The average molecular weight is 334 g/mol. The molecular formula is C16H22N4O4. The summed E-state index contributed by atoms with van der Waals surface area (Å²) in [5.74, 6) is 0. The van der Waals surface area contributed by atoms with E-state index in [2.05, 4.69) is 0 Å². The first-order chi connectivity index (χ1) is 11.8. The molecule has 0 saturated carbocycles. The maximum atomic E-state index is 8.62. The molecule has 0 spiro atoms. The highest BCUT2D eigenvalue weighted by Gasteiger charge is 2.24. The zero-order valence-corrected chi connectivity index (χ0v) is 13.6. The fourth-order valence-electron chi connectivity index (χ4n) is 1.67. The highest BCUT2D eigenvalue weighted by molar-refractivity contribution is 4.76. The monoisotopic (exact) mass is 334 g/mol. The molecule has 130 valence electrons. The summed E-state index contributed by atoms with van der Waals surface area (Å²) in [7, 11) is 0. The van der Waals surface area contributed by atoms with Crippen LogP contribution in [0.2, 0.25) is 0 Å². The predicted octanol–water partition coefficient (Wildman–Crippen LogP) is 1.44. The van der Waals surface area contributed by atoms with E-state index in [0.717, 1.165) is 0 Å². The van der Waals surface area contributed by atoms with E-state index in [1.54, 1.807) is 0 Å². The molecule has 0 heterocycles. The Morgan fingerprint density at radius 1 is 0.542 bits per heavy atom. The van der Waals surface area contributed by atoms with Crippen molar-refractivity contribution in [2.45, 2.75) is 37.9 Å². The summed E-state index contributed by atoms with van der Waals surface area (Å²) in [4.78, 5) is 0. The van der Waals surface area contributed by atoms with Gasteiger partial charge in [0.05, 0.1) is 89.6 Å². The molecule has 8 nitrogen and oxygen atoms in total. The number of nitriles is 4. The fraction of sp³-hybridized carbons (Fsp3) is 0.750. The van der Waals surface area contributed by atoms with Crippen molar-refractivity contribution in [2.75, 3.05) is 39.6 Å². The molecule has 24 heavy (non-hydrogen) atoms. The zero-order valence-electron chi connectivity index (χ0n) is 13.6. The molecular weight excluding hydrogens is 312 g/mol. The number of hydrogen-bond acceptors (Lipinski definition) is 8. The Hall–Kier alpha value is -2.20. The van der Waals surface area contributed by atoms with E-state index in [1.807, 2.05) is 24.3 Å². The van der Waals surface area contributed by atoms with Gasteiger partial charge in [0.1, 0.15) is 12.2 Å². The predicted molar refractivity (Wildman–Crippen MR) is 82.0 cm³/mol. The minimum Gasteiger partial charge on any atom is -0.378 e. The normalized spacial score (nSPS) is 12.3. The molecule has 0 aromatic carbocycles. The summed E-state index contributed by atoms with van der Waals surface area (Å²) in [6.07, 6.45) is 0.0207. The summed E-state index contributed by atoms with van der Waals surface area (Å²) in [6, 6.07) is 7.94. The van der Waals surface area contributed by atoms with Crippen molar-refractivity contribution in [3.05, 3.63) is 0 Å². The summed E-state index contributed by atoms with van der Waals surface area (Å²) in [5.41, 5.74) is 0. The minimum atomic E-state index is -0.488. The van der Waals surface area contributed by atoms with Gasteiger partial charge in [0, 0.05) is 0 Å². The molecule has 0 aliphatic rings. The van der Waals surface area contributed by atoms with Crippen molar-refractivity contribution in [1.29, 1.82) is 21.0 Å². The second-order valence-corrected chi connectivity index (χ2v) is 4.60. The standard InChI is InChI=1S/C16H22N4O4/c17-5-1-9-21-13-15(23-11-3-7-19)16(24-12-4-8-20)14-22-10-2-6-18/h15-16H,1-4,9-14H2/t15-,16+. The number of ether oxygens (including phenoxy) is 4. The van der Waals surface area contributed by atoms with Crippen LogP contribution in [0.15, 0.2) is 0 Å². The molecule has 0 unspecified atom stereocenters. The van der Waals surface area contributed by atoms with Crippen LogP contribution in [0.3, 0.4) is 0 Å². The molecule has 0 saturated heterocycles. The van der Waals surface area contributed by atoms with Gasteiger partial charge >= 0.3 is 0 Å². The Morgan fingerprint density at radius 3 is 1.21 bits per heavy atom. The fourth-order valence-corrected chi connectivity index (χ4v) is 1.67. The lowest BCUT2D eigenvalue weighted by Crippen LogP contribution is -2.39. The SMILES string of the molecule is N#CCCOC[C@H](OCCC#N)[C@@H](COCCC#N)OCCC#N. The van der Waals surface area contributed by atoms with Gasteiger partial charge in [-0.15, -0.1) is 0 Å². The van der Waals surface area contributed by atoms with Gasteiger partial charge in [-0.1, -0.05) is 0 Å². The zero-order chi connectivity index (χ0) is 17.9. The highest BCUT2D eigenvalue weighted by Crippen LogP contribution is 2.09. The Morgan fingerprint density at radius 2 is 0.875 bits per heavy atom. The van der Waals surface area contributed by atoms with E-state index < -0.39 is 12.2 Å². The first-order valence-corrected chi connectivity index (χ1v) is 7.66. The Bertz CT molecular complexity index is 428. The second-order valence-electron chi connectivity index (χ2n) is 4.60. The molecule has 0 aliphatic heterocycles. The van der Waals surface area contributed by atoms with E-state index >= 15 is 0 Å². The Kier molecular flexibility index (Phi) is 15.6.